The molecule has 0 spiro atoms. The maximum absolute atomic E-state index is 12.2. The van der Waals surface area contributed by atoms with Crippen LogP contribution in [0.15, 0.2) is 35.2 Å². The predicted octanol–water partition coefficient (Wildman–Crippen LogP) is 6.34. The number of amides is 2. The summed E-state index contributed by atoms with van der Waals surface area (Å²) in [4.78, 5) is 24.2. The zero-order valence-corrected chi connectivity index (χ0v) is 19.8. The van der Waals surface area contributed by atoms with E-state index in [2.05, 4.69) is 52.1 Å². The Labute approximate surface area is 188 Å². The van der Waals surface area contributed by atoms with Crippen molar-refractivity contribution in [3.05, 3.63) is 57.5 Å². The Balaban J connectivity index is 1.96. The van der Waals surface area contributed by atoms with E-state index in [9.17, 15) is 9.59 Å². The van der Waals surface area contributed by atoms with Gasteiger partial charge in [-0.1, -0.05) is 45.9 Å². The zero-order valence-electron chi connectivity index (χ0n) is 19.0. The normalized spacial score (nSPS) is 20.5. The second-order valence-electron chi connectivity index (χ2n) is 9.76. The third-order valence-electron chi connectivity index (χ3n) is 6.67. The van der Waals surface area contributed by atoms with Crippen LogP contribution in [0.3, 0.4) is 0 Å². The number of carbonyl (C=O) groups excluding carboxylic acids is 2. The van der Waals surface area contributed by atoms with Gasteiger partial charge in [-0.15, -0.1) is 0 Å². The topological polar surface area (TPSA) is 55.4 Å². The van der Waals surface area contributed by atoms with Crippen LogP contribution in [0, 0.1) is 6.92 Å². The van der Waals surface area contributed by atoms with Crippen molar-refractivity contribution in [1.82, 2.24) is 5.32 Å². The summed E-state index contributed by atoms with van der Waals surface area (Å²) in [7, 11) is 1.66. The number of methoxy groups -OCH3 is 1. The smallest absolute Gasteiger partial charge is 0.290 e. The molecule has 0 radical (unpaired) electrons. The van der Waals surface area contributed by atoms with Crippen LogP contribution in [0.5, 0.6) is 5.75 Å². The zero-order chi connectivity index (χ0) is 22.6. The van der Waals surface area contributed by atoms with Crippen LogP contribution < -0.4 is 10.1 Å². The fourth-order valence-electron chi connectivity index (χ4n) is 4.68. The van der Waals surface area contributed by atoms with Crippen molar-refractivity contribution in [3.8, 4) is 16.9 Å². The summed E-state index contributed by atoms with van der Waals surface area (Å²) in [5.74, 6) is 0.397. The molecule has 0 unspecified atom stereocenters. The van der Waals surface area contributed by atoms with Crippen molar-refractivity contribution in [1.29, 1.82) is 0 Å². The van der Waals surface area contributed by atoms with Crippen molar-refractivity contribution in [3.63, 3.8) is 0 Å². The minimum Gasteiger partial charge on any atom is -0.496 e. The lowest BCUT2D eigenvalue weighted by molar-refractivity contribution is -0.115. The standard InChI is InChI=1S/C26H29NO3S/c1-15-12-18-19(26(4,5)11-10-25(18,2)3)14-17(15)22-16(8-7-9-20(22)30-6)13-21-23(28)27-24(29)31-21/h7-9,12-14H,10-11H2,1-6H3,(H,27,28,29). The first-order valence-corrected chi connectivity index (χ1v) is 11.4. The molecule has 1 N–H and O–H groups in total. The number of benzene rings is 2. The molecule has 0 atom stereocenters. The number of fused-ring (bicyclic) bond motifs is 1. The van der Waals surface area contributed by atoms with Crippen LogP contribution in [0.1, 0.15) is 62.8 Å². The van der Waals surface area contributed by atoms with Gasteiger partial charge in [-0.3, -0.25) is 14.9 Å². The molecule has 0 bridgehead atoms. The largest absolute Gasteiger partial charge is 0.496 e. The summed E-state index contributed by atoms with van der Waals surface area (Å²) in [6.07, 6.45) is 4.09. The maximum Gasteiger partial charge on any atom is 0.290 e. The average Bonchev–Trinajstić information content (AvgIpc) is 3.02. The van der Waals surface area contributed by atoms with Gasteiger partial charge in [0, 0.05) is 5.56 Å². The fourth-order valence-corrected chi connectivity index (χ4v) is 5.35. The van der Waals surface area contributed by atoms with E-state index in [1.54, 1.807) is 13.2 Å². The molecule has 1 saturated heterocycles. The number of nitrogens with one attached hydrogen (secondary N) is 1. The second kappa shape index (κ2) is 7.56. The van der Waals surface area contributed by atoms with Crippen molar-refractivity contribution in [2.75, 3.05) is 7.11 Å². The molecule has 1 heterocycles. The van der Waals surface area contributed by atoms with Crippen molar-refractivity contribution < 1.29 is 14.3 Å². The molecule has 4 nitrogen and oxygen atoms in total. The van der Waals surface area contributed by atoms with E-state index in [1.165, 1.54) is 16.7 Å². The van der Waals surface area contributed by atoms with E-state index in [-0.39, 0.29) is 22.0 Å². The Kier molecular flexibility index (Phi) is 5.29. The molecule has 2 aromatic carbocycles. The highest BCUT2D eigenvalue weighted by Gasteiger charge is 2.37. The van der Waals surface area contributed by atoms with Gasteiger partial charge in [0.05, 0.1) is 12.0 Å². The molecule has 0 aromatic heterocycles. The lowest BCUT2D eigenvalue weighted by Crippen LogP contribution is -2.34. The summed E-state index contributed by atoms with van der Waals surface area (Å²) in [5, 5.41) is 1.99. The second-order valence-corrected chi connectivity index (χ2v) is 10.8. The monoisotopic (exact) mass is 435 g/mol. The lowest BCUT2D eigenvalue weighted by Gasteiger charge is -2.42. The number of imide groups is 1. The molecular weight excluding hydrogens is 406 g/mol. The van der Waals surface area contributed by atoms with Gasteiger partial charge in [-0.2, -0.15) is 0 Å². The van der Waals surface area contributed by atoms with Gasteiger partial charge < -0.3 is 4.74 Å². The maximum atomic E-state index is 12.2. The number of carbonyl (C=O) groups is 2. The minimum atomic E-state index is -0.353. The van der Waals surface area contributed by atoms with Gasteiger partial charge in [-0.05, 0) is 88.4 Å². The lowest BCUT2D eigenvalue weighted by atomic mass is 9.62. The predicted molar refractivity (Wildman–Crippen MR) is 128 cm³/mol. The Morgan fingerprint density at radius 2 is 1.68 bits per heavy atom. The molecule has 4 rings (SSSR count). The van der Waals surface area contributed by atoms with Gasteiger partial charge in [0.1, 0.15) is 5.75 Å². The van der Waals surface area contributed by atoms with Crippen LogP contribution in [-0.2, 0) is 15.6 Å². The number of hydrogen-bond acceptors (Lipinski definition) is 4. The molecule has 2 amide bonds. The van der Waals surface area contributed by atoms with E-state index < -0.39 is 0 Å². The van der Waals surface area contributed by atoms with Gasteiger partial charge >= 0.3 is 0 Å². The van der Waals surface area contributed by atoms with Crippen molar-refractivity contribution >= 4 is 29.0 Å². The van der Waals surface area contributed by atoms with E-state index in [4.69, 9.17) is 4.74 Å². The Hall–Kier alpha value is -2.53. The number of thioether (sulfide) groups is 1. The molecule has 2 aliphatic rings. The van der Waals surface area contributed by atoms with Crippen LogP contribution in [0.2, 0.25) is 0 Å². The molecule has 162 valence electrons. The number of aryl methyl sites for hydroxylation is 1. The fraction of sp³-hybridized carbons (Fsp3) is 0.385. The van der Waals surface area contributed by atoms with Crippen LogP contribution in [0.25, 0.3) is 17.2 Å². The first kappa shape index (κ1) is 21.7. The summed E-state index contributed by atoms with van der Waals surface area (Å²) in [6.45, 7) is 11.4. The van der Waals surface area contributed by atoms with Crippen molar-refractivity contribution in [2.24, 2.45) is 0 Å². The van der Waals surface area contributed by atoms with Crippen LogP contribution in [0.4, 0.5) is 4.79 Å². The van der Waals surface area contributed by atoms with Gasteiger partial charge in [-0.25, -0.2) is 0 Å². The molecule has 5 heteroatoms. The number of rotatable bonds is 3. The third-order valence-corrected chi connectivity index (χ3v) is 7.48. The van der Waals surface area contributed by atoms with Gasteiger partial charge in [0.25, 0.3) is 11.1 Å². The van der Waals surface area contributed by atoms with Crippen LogP contribution in [-0.4, -0.2) is 18.3 Å². The van der Waals surface area contributed by atoms with Gasteiger partial charge in [0.2, 0.25) is 0 Å². The summed E-state index contributed by atoms with van der Waals surface area (Å²) in [6, 6.07) is 10.5. The van der Waals surface area contributed by atoms with E-state index in [1.807, 2.05) is 18.2 Å². The molecule has 0 saturated carbocycles. The van der Waals surface area contributed by atoms with E-state index in [0.29, 0.717) is 4.91 Å². The Morgan fingerprint density at radius 3 is 2.26 bits per heavy atom. The molecular formula is C26H29NO3S. The average molecular weight is 436 g/mol. The highest BCUT2D eigenvalue weighted by Crippen LogP contribution is 2.49. The molecule has 2 aromatic rings. The van der Waals surface area contributed by atoms with Gasteiger partial charge in [0.15, 0.2) is 0 Å². The highest BCUT2D eigenvalue weighted by atomic mass is 32.2. The van der Waals surface area contributed by atoms with E-state index in [0.717, 1.165) is 47.0 Å². The summed E-state index contributed by atoms with van der Waals surface area (Å²) >= 11 is 0.933. The first-order valence-electron chi connectivity index (χ1n) is 10.6. The van der Waals surface area contributed by atoms with Crippen molar-refractivity contribution in [2.45, 2.75) is 58.3 Å². The Morgan fingerprint density at radius 1 is 1.03 bits per heavy atom. The molecule has 1 aliphatic carbocycles. The van der Waals surface area contributed by atoms with Crippen LogP contribution >= 0.6 is 11.8 Å². The minimum absolute atomic E-state index is 0.0849. The highest BCUT2D eigenvalue weighted by molar-refractivity contribution is 8.18. The molecule has 31 heavy (non-hydrogen) atoms. The Bertz CT molecular complexity index is 1130. The number of hydrogen-bond donors (Lipinski definition) is 1. The first-order chi connectivity index (χ1) is 14.5. The SMILES string of the molecule is COc1cccc(C=C2SC(=O)NC2=O)c1-c1cc2c(cc1C)C(C)(C)CCC2(C)C. The molecule has 1 fully saturated rings. The quantitative estimate of drug-likeness (QED) is 0.571. The molecule has 1 aliphatic heterocycles. The number of ether oxygens (including phenoxy) is 1. The third kappa shape index (κ3) is 3.80. The summed E-state index contributed by atoms with van der Waals surface area (Å²) < 4.78 is 5.74. The summed E-state index contributed by atoms with van der Waals surface area (Å²) in [5.41, 5.74) is 7.09. The van der Waals surface area contributed by atoms with E-state index >= 15 is 0 Å².